The Kier molecular flexibility index (Phi) is 9.02. The van der Waals surface area contributed by atoms with Gasteiger partial charge in [0.15, 0.2) is 17.4 Å². The number of halogens is 3. The molecule has 2 amide bonds. The molecule has 3 heterocycles. The van der Waals surface area contributed by atoms with Crippen molar-refractivity contribution < 1.29 is 31.5 Å². The average Bonchev–Trinajstić information content (AvgIpc) is 3.39. The number of nitrogens with one attached hydrogen (secondary N) is 2. The largest absolute Gasteiger partial charge is 0.494 e. The predicted octanol–water partition coefficient (Wildman–Crippen LogP) is 3.12. The van der Waals surface area contributed by atoms with Gasteiger partial charge in [-0.05, 0) is 43.2 Å². The molecule has 0 saturated carbocycles. The number of piperidine rings is 1. The summed E-state index contributed by atoms with van der Waals surface area (Å²) in [6.07, 6.45) is 1.93. The lowest BCUT2D eigenvalue weighted by molar-refractivity contribution is 0.0724. The second-order valence-electron chi connectivity index (χ2n) is 10.3. The summed E-state index contributed by atoms with van der Waals surface area (Å²) in [5.41, 5.74) is 0.592. The number of imidazole rings is 1. The molecule has 11 nitrogen and oxygen atoms in total. The van der Waals surface area contributed by atoms with Crippen LogP contribution in [-0.4, -0.2) is 90.6 Å². The third-order valence-corrected chi connectivity index (χ3v) is 10.5. The van der Waals surface area contributed by atoms with Crippen molar-refractivity contribution in [1.82, 2.24) is 24.1 Å². The molecule has 2 fully saturated rings. The van der Waals surface area contributed by atoms with Gasteiger partial charge in [-0.15, -0.1) is 0 Å². The summed E-state index contributed by atoms with van der Waals surface area (Å²) >= 11 is 6.43. The van der Waals surface area contributed by atoms with Crippen molar-refractivity contribution >= 4 is 39.1 Å². The Balaban J connectivity index is 1.23. The highest BCUT2D eigenvalue weighted by atomic mass is 35.5. The Labute approximate surface area is 252 Å². The van der Waals surface area contributed by atoms with E-state index in [0.717, 1.165) is 0 Å². The second-order valence-corrected chi connectivity index (χ2v) is 12.9. The lowest BCUT2D eigenvalue weighted by Gasteiger charge is -2.36. The molecular weight excluding hydrogens is 606 g/mol. The minimum absolute atomic E-state index is 0.0689. The van der Waals surface area contributed by atoms with E-state index in [2.05, 4.69) is 15.6 Å². The fraction of sp³-hybridized carbons (Fsp3) is 0.393. The number of methoxy groups -OCH3 is 1. The maximum absolute atomic E-state index is 14.6. The SMILES string of the molecule is COc1ccc(-c2cnc(C(=O)Nc3ccc(C(=O)N4CCC(S(=O)(=O)N5CCNCC5)CC4)c(Cl)c3)n2C)c(F)c1F. The molecule has 15 heteroatoms. The van der Waals surface area contributed by atoms with Crippen molar-refractivity contribution in [3.8, 4) is 17.0 Å². The van der Waals surface area contributed by atoms with E-state index in [-0.39, 0.29) is 52.4 Å². The summed E-state index contributed by atoms with van der Waals surface area (Å²) in [6, 6.07) is 7.04. The number of aromatic nitrogens is 2. The molecule has 0 spiro atoms. The van der Waals surface area contributed by atoms with Crippen LogP contribution in [0.4, 0.5) is 14.5 Å². The van der Waals surface area contributed by atoms with Crippen molar-refractivity contribution in [2.24, 2.45) is 7.05 Å². The normalized spacial score (nSPS) is 16.7. The van der Waals surface area contributed by atoms with Crippen LogP contribution in [0.2, 0.25) is 5.02 Å². The zero-order valence-electron chi connectivity index (χ0n) is 23.6. The summed E-state index contributed by atoms with van der Waals surface area (Å²) in [4.78, 5) is 31.8. The molecule has 2 N–H and O–H groups in total. The summed E-state index contributed by atoms with van der Waals surface area (Å²) in [5.74, 6) is -3.56. The minimum atomic E-state index is -3.43. The number of amides is 2. The molecular formula is C28H31ClF2N6O5S. The van der Waals surface area contributed by atoms with E-state index in [4.69, 9.17) is 16.3 Å². The average molecular weight is 637 g/mol. The van der Waals surface area contributed by atoms with Gasteiger partial charge in [-0.2, -0.15) is 8.70 Å². The standard InChI is InChI=1S/C28H31ClF2N6O5S/c1-35-22(20-5-6-23(42-2)25(31)24(20)30)16-33-26(35)27(38)34-17-3-4-19(21(29)15-17)28(39)36-11-7-18(8-12-36)43(40,41)37-13-9-32-10-14-37/h3-6,15-16,18,32H,7-14H2,1-2H3,(H,34,38). The van der Waals surface area contributed by atoms with Gasteiger partial charge in [-0.3, -0.25) is 9.59 Å². The van der Waals surface area contributed by atoms with E-state index >= 15 is 0 Å². The number of likely N-dealkylation sites (tertiary alicyclic amines) is 1. The number of benzene rings is 2. The number of carbonyl (C=O) groups is 2. The lowest BCUT2D eigenvalue weighted by Crippen LogP contribution is -2.52. The van der Waals surface area contributed by atoms with Crippen LogP contribution in [0.25, 0.3) is 11.3 Å². The molecule has 2 aliphatic heterocycles. The third-order valence-electron chi connectivity index (χ3n) is 7.78. The first-order valence-corrected chi connectivity index (χ1v) is 15.5. The predicted molar refractivity (Wildman–Crippen MR) is 157 cm³/mol. The van der Waals surface area contributed by atoms with Gasteiger partial charge in [0.1, 0.15) is 0 Å². The molecule has 43 heavy (non-hydrogen) atoms. The number of rotatable bonds is 7. The van der Waals surface area contributed by atoms with Crippen LogP contribution in [0.3, 0.4) is 0 Å². The topological polar surface area (TPSA) is 126 Å². The fourth-order valence-corrected chi connectivity index (χ4v) is 7.53. The van der Waals surface area contributed by atoms with Gasteiger partial charge in [0.25, 0.3) is 11.8 Å². The summed E-state index contributed by atoms with van der Waals surface area (Å²) in [6.45, 7) is 2.71. The van der Waals surface area contributed by atoms with Gasteiger partial charge in [0.2, 0.25) is 15.8 Å². The molecule has 3 aromatic rings. The number of carbonyl (C=O) groups excluding carboxylic acids is 2. The van der Waals surface area contributed by atoms with E-state index in [1.807, 2.05) is 0 Å². The molecule has 0 atom stereocenters. The molecule has 1 aromatic heterocycles. The van der Waals surface area contributed by atoms with Crippen LogP contribution in [0.15, 0.2) is 36.5 Å². The number of nitrogens with zero attached hydrogens (tertiary/aromatic N) is 4. The zero-order chi connectivity index (χ0) is 30.9. The van der Waals surface area contributed by atoms with Crippen molar-refractivity contribution in [3.63, 3.8) is 0 Å². The lowest BCUT2D eigenvalue weighted by atomic mass is 10.1. The molecule has 0 radical (unpaired) electrons. The maximum atomic E-state index is 14.6. The Morgan fingerprint density at radius 1 is 1.07 bits per heavy atom. The summed E-state index contributed by atoms with van der Waals surface area (Å²) < 4.78 is 62.5. The van der Waals surface area contributed by atoms with Gasteiger partial charge in [-0.1, -0.05) is 11.6 Å². The van der Waals surface area contributed by atoms with Crippen molar-refractivity contribution in [3.05, 3.63) is 64.6 Å². The number of hydrogen-bond donors (Lipinski definition) is 2. The van der Waals surface area contributed by atoms with Crippen LogP contribution in [-0.2, 0) is 17.1 Å². The van der Waals surface area contributed by atoms with Gasteiger partial charge < -0.3 is 24.8 Å². The zero-order valence-corrected chi connectivity index (χ0v) is 25.1. The molecule has 2 aromatic carbocycles. The van der Waals surface area contributed by atoms with E-state index < -0.39 is 32.8 Å². The Morgan fingerprint density at radius 2 is 1.77 bits per heavy atom. The number of hydrogen-bond acceptors (Lipinski definition) is 7. The first kappa shape index (κ1) is 30.9. The minimum Gasteiger partial charge on any atom is -0.494 e. The molecule has 2 aliphatic rings. The van der Waals surface area contributed by atoms with Gasteiger partial charge in [-0.25, -0.2) is 17.8 Å². The molecule has 5 rings (SSSR count). The van der Waals surface area contributed by atoms with E-state index in [9.17, 15) is 26.8 Å². The van der Waals surface area contributed by atoms with Crippen molar-refractivity contribution in [2.75, 3.05) is 51.7 Å². The quantitative estimate of drug-likeness (QED) is 0.408. The second kappa shape index (κ2) is 12.6. The molecule has 0 aliphatic carbocycles. The van der Waals surface area contributed by atoms with Gasteiger partial charge in [0, 0.05) is 57.6 Å². The van der Waals surface area contributed by atoms with Gasteiger partial charge >= 0.3 is 0 Å². The highest BCUT2D eigenvalue weighted by Gasteiger charge is 2.36. The van der Waals surface area contributed by atoms with Crippen LogP contribution < -0.4 is 15.4 Å². The van der Waals surface area contributed by atoms with E-state index in [1.165, 1.54) is 59.6 Å². The number of piperazine rings is 1. The first-order chi connectivity index (χ1) is 20.5. The summed E-state index contributed by atoms with van der Waals surface area (Å²) in [5, 5.41) is 5.37. The summed E-state index contributed by atoms with van der Waals surface area (Å²) in [7, 11) is -0.710. The van der Waals surface area contributed by atoms with Crippen LogP contribution in [0.5, 0.6) is 5.75 Å². The molecule has 2 saturated heterocycles. The van der Waals surface area contributed by atoms with Crippen LogP contribution >= 0.6 is 11.6 Å². The molecule has 0 bridgehead atoms. The number of sulfonamides is 1. The first-order valence-electron chi connectivity index (χ1n) is 13.7. The van der Waals surface area contributed by atoms with Crippen molar-refractivity contribution in [1.29, 1.82) is 0 Å². The number of ether oxygens (including phenoxy) is 1. The monoisotopic (exact) mass is 636 g/mol. The Bertz CT molecular complexity index is 1650. The Morgan fingerprint density at radius 3 is 2.42 bits per heavy atom. The van der Waals surface area contributed by atoms with Crippen molar-refractivity contribution in [2.45, 2.75) is 18.1 Å². The highest BCUT2D eigenvalue weighted by Crippen LogP contribution is 2.31. The maximum Gasteiger partial charge on any atom is 0.291 e. The fourth-order valence-electron chi connectivity index (χ4n) is 5.35. The van der Waals surface area contributed by atoms with Gasteiger partial charge in [0.05, 0.1) is 34.8 Å². The third kappa shape index (κ3) is 6.09. The van der Waals surface area contributed by atoms with Crippen LogP contribution in [0, 0.1) is 11.6 Å². The molecule has 0 unspecified atom stereocenters. The van der Waals surface area contributed by atoms with Crippen LogP contribution in [0.1, 0.15) is 33.8 Å². The smallest absolute Gasteiger partial charge is 0.291 e. The van der Waals surface area contributed by atoms with E-state index in [1.54, 1.807) is 4.90 Å². The van der Waals surface area contributed by atoms with E-state index in [0.29, 0.717) is 44.7 Å². The Hall–Kier alpha value is -3.59. The highest BCUT2D eigenvalue weighted by molar-refractivity contribution is 7.89. The molecule has 230 valence electrons. The number of anilines is 1.